The maximum absolute atomic E-state index is 4.55. The fraction of sp³-hybridized carbons (Fsp3) is 0.552. The van der Waals surface area contributed by atoms with Gasteiger partial charge in [-0.1, -0.05) is 43.4 Å². The van der Waals surface area contributed by atoms with Crippen LogP contribution in [0.25, 0.3) is 0 Å². The van der Waals surface area contributed by atoms with Crippen molar-refractivity contribution in [1.82, 2.24) is 15.1 Å². The van der Waals surface area contributed by atoms with Crippen LogP contribution in [0.3, 0.4) is 0 Å². The van der Waals surface area contributed by atoms with Crippen molar-refractivity contribution >= 4 is 5.71 Å². The minimum absolute atomic E-state index is 0.479. The molecule has 1 aliphatic carbocycles. The minimum Gasteiger partial charge on any atom is -0.384 e. The van der Waals surface area contributed by atoms with Gasteiger partial charge in [0, 0.05) is 80.6 Å². The molecule has 0 saturated carbocycles. The van der Waals surface area contributed by atoms with E-state index in [0.717, 1.165) is 57.4 Å². The molecule has 0 aromatic carbocycles. The van der Waals surface area contributed by atoms with Crippen LogP contribution < -0.4 is 5.32 Å². The van der Waals surface area contributed by atoms with Crippen LogP contribution in [0.15, 0.2) is 75.9 Å². The number of hydrogen-bond donors (Lipinski definition) is 1. The fourth-order valence-corrected chi connectivity index (χ4v) is 5.07. The lowest BCUT2D eigenvalue weighted by Gasteiger charge is -2.37. The molecule has 180 valence electrons. The van der Waals surface area contributed by atoms with Gasteiger partial charge in [-0.15, -0.1) is 0 Å². The number of nitrogens with one attached hydrogen (secondary N) is 1. The van der Waals surface area contributed by atoms with Crippen molar-refractivity contribution < 1.29 is 0 Å². The average molecular weight is 449 g/mol. The van der Waals surface area contributed by atoms with E-state index in [1.54, 1.807) is 0 Å². The maximum atomic E-state index is 4.55. The Labute approximate surface area is 202 Å². The van der Waals surface area contributed by atoms with Crippen LogP contribution in [0, 0.1) is 11.8 Å². The summed E-state index contributed by atoms with van der Waals surface area (Å²) in [7, 11) is 4.35. The SMILES string of the molecule is C=C(C)N1CCC(N(C)C)=C(/C(NCC2C=CCC(C3CC=CN=C3C)=CC2)=C(\C)CC)C1. The highest BCUT2D eigenvalue weighted by atomic mass is 15.2. The first kappa shape index (κ1) is 25.1. The topological polar surface area (TPSA) is 30.9 Å². The zero-order valence-corrected chi connectivity index (χ0v) is 21.7. The average Bonchev–Trinajstić information content (AvgIpc) is 3.04. The monoisotopic (exact) mass is 448 g/mol. The zero-order valence-electron chi connectivity index (χ0n) is 21.7. The summed E-state index contributed by atoms with van der Waals surface area (Å²) < 4.78 is 0. The molecule has 1 N–H and O–H groups in total. The van der Waals surface area contributed by atoms with E-state index >= 15 is 0 Å². The fourth-order valence-electron chi connectivity index (χ4n) is 5.07. The Balaban J connectivity index is 1.76. The smallest absolute Gasteiger partial charge is 0.0464 e. The first-order valence-corrected chi connectivity index (χ1v) is 12.6. The second-order valence-electron chi connectivity index (χ2n) is 9.97. The van der Waals surface area contributed by atoms with Gasteiger partial charge in [-0.05, 0) is 57.9 Å². The van der Waals surface area contributed by atoms with Gasteiger partial charge >= 0.3 is 0 Å². The molecule has 0 bridgehead atoms. The van der Waals surface area contributed by atoms with Crippen LogP contribution in [-0.4, -0.2) is 49.2 Å². The molecule has 0 saturated heterocycles. The molecule has 0 aromatic heterocycles. The third kappa shape index (κ3) is 6.31. The van der Waals surface area contributed by atoms with E-state index in [4.69, 9.17) is 0 Å². The summed E-state index contributed by atoms with van der Waals surface area (Å²) in [6.07, 6.45) is 16.8. The number of nitrogens with zero attached hydrogens (tertiary/aromatic N) is 3. The predicted molar refractivity (Wildman–Crippen MR) is 143 cm³/mol. The molecule has 2 aliphatic heterocycles. The molecule has 3 aliphatic rings. The summed E-state index contributed by atoms with van der Waals surface area (Å²) in [5.41, 5.74) is 9.59. The summed E-state index contributed by atoms with van der Waals surface area (Å²) in [6.45, 7) is 16.0. The largest absolute Gasteiger partial charge is 0.384 e. The summed E-state index contributed by atoms with van der Waals surface area (Å²) in [4.78, 5) is 9.27. The van der Waals surface area contributed by atoms with Crippen LogP contribution in [0.4, 0.5) is 0 Å². The third-order valence-corrected chi connectivity index (χ3v) is 7.35. The van der Waals surface area contributed by atoms with Gasteiger partial charge in [0.2, 0.25) is 0 Å². The van der Waals surface area contributed by atoms with Gasteiger partial charge in [-0.2, -0.15) is 0 Å². The Morgan fingerprint density at radius 2 is 2.03 bits per heavy atom. The van der Waals surface area contributed by atoms with E-state index in [-0.39, 0.29) is 0 Å². The van der Waals surface area contributed by atoms with Gasteiger partial charge in [-0.25, -0.2) is 0 Å². The van der Waals surface area contributed by atoms with Crippen LogP contribution in [0.5, 0.6) is 0 Å². The van der Waals surface area contributed by atoms with E-state index in [9.17, 15) is 0 Å². The molecular weight excluding hydrogens is 404 g/mol. The van der Waals surface area contributed by atoms with Crippen LogP contribution in [0.1, 0.15) is 59.8 Å². The zero-order chi connectivity index (χ0) is 24.0. The van der Waals surface area contributed by atoms with Crippen molar-refractivity contribution in [2.45, 2.75) is 59.8 Å². The second kappa shape index (κ2) is 11.6. The van der Waals surface area contributed by atoms with Gasteiger partial charge < -0.3 is 15.1 Å². The first-order chi connectivity index (χ1) is 15.8. The molecule has 0 radical (unpaired) electrons. The van der Waals surface area contributed by atoms with E-state index in [1.165, 1.54) is 33.8 Å². The molecule has 0 aromatic rings. The van der Waals surface area contributed by atoms with Crippen molar-refractivity contribution in [2.24, 2.45) is 16.8 Å². The van der Waals surface area contributed by atoms with Crippen molar-refractivity contribution in [2.75, 3.05) is 33.7 Å². The van der Waals surface area contributed by atoms with Gasteiger partial charge in [0.1, 0.15) is 0 Å². The lowest BCUT2D eigenvalue weighted by atomic mass is 9.87. The van der Waals surface area contributed by atoms with E-state index in [0.29, 0.717) is 11.8 Å². The Morgan fingerprint density at radius 1 is 1.24 bits per heavy atom. The number of hydrogen-bond acceptors (Lipinski definition) is 4. The quantitative estimate of drug-likeness (QED) is 0.448. The molecule has 2 heterocycles. The second-order valence-corrected chi connectivity index (χ2v) is 9.97. The maximum Gasteiger partial charge on any atom is 0.0464 e. The molecule has 0 fully saturated rings. The van der Waals surface area contributed by atoms with Gasteiger partial charge in [0.05, 0.1) is 0 Å². The Hall–Kier alpha value is -2.49. The Bertz CT molecular complexity index is 910. The number of rotatable bonds is 8. The van der Waals surface area contributed by atoms with Crippen molar-refractivity contribution in [1.29, 1.82) is 0 Å². The van der Waals surface area contributed by atoms with Gasteiger partial charge in [0.15, 0.2) is 0 Å². The van der Waals surface area contributed by atoms with Crippen molar-refractivity contribution in [3.63, 3.8) is 0 Å². The minimum atomic E-state index is 0.479. The molecule has 3 rings (SSSR count). The van der Waals surface area contributed by atoms with Crippen LogP contribution in [-0.2, 0) is 0 Å². The highest BCUT2D eigenvalue weighted by molar-refractivity contribution is 5.88. The molecule has 0 spiro atoms. The van der Waals surface area contributed by atoms with Crippen molar-refractivity contribution in [3.05, 3.63) is 70.9 Å². The lowest BCUT2D eigenvalue weighted by molar-refractivity contribution is 0.325. The molecular formula is C29H44N4. The summed E-state index contributed by atoms with van der Waals surface area (Å²) in [6, 6.07) is 0. The highest BCUT2D eigenvalue weighted by Crippen LogP contribution is 2.30. The number of allylic oxidation sites excluding steroid dienone is 6. The van der Waals surface area contributed by atoms with E-state index in [1.807, 2.05) is 6.20 Å². The lowest BCUT2D eigenvalue weighted by Crippen LogP contribution is -2.37. The summed E-state index contributed by atoms with van der Waals surface area (Å²) in [5.74, 6) is 0.982. The van der Waals surface area contributed by atoms with E-state index < -0.39 is 0 Å². The first-order valence-electron chi connectivity index (χ1n) is 12.6. The molecule has 4 nitrogen and oxygen atoms in total. The normalized spacial score (nSPS) is 24.1. The Kier molecular flexibility index (Phi) is 8.82. The Morgan fingerprint density at radius 3 is 2.70 bits per heavy atom. The molecule has 4 heteroatoms. The standard InChI is InChI=1S/C29H44N4/c1-8-22(4)29(27-20-33(21(2)3)18-16-28(27)32(6)7)31-19-24-11-9-12-25(15-14-24)26-13-10-17-30-23(26)5/h9-11,15,17,24,26,31H,2,8,12-14,16,18-20H2,1,3-7H3/b29-22-. The molecule has 0 amide bonds. The van der Waals surface area contributed by atoms with E-state index in [2.05, 4.69) is 92.8 Å². The molecule has 2 unspecified atom stereocenters. The molecule has 2 atom stereocenters. The summed E-state index contributed by atoms with van der Waals surface area (Å²) in [5, 5.41) is 3.91. The number of aliphatic imine (C=N–C) groups is 1. The van der Waals surface area contributed by atoms with Crippen LogP contribution >= 0.6 is 0 Å². The van der Waals surface area contributed by atoms with Crippen molar-refractivity contribution in [3.8, 4) is 0 Å². The predicted octanol–water partition coefficient (Wildman–Crippen LogP) is 6.20. The van der Waals surface area contributed by atoms with Gasteiger partial charge in [0.25, 0.3) is 0 Å². The highest BCUT2D eigenvalue weighted by Gasteiger charge is 2.24. The molecule has 33 heavy (non-hydrogen) atoms. The van der Waals surface area contributed by atoms with Gasteiger partial charge in [-0.3, -0.25) is 4.99 Å². The van der Waals surface area contributed by atoms with Crippen LogP contribution in [0.2, 0.25) is 0 Å². The summed E-state index contributed by atoms with van der Waals surface area (Å²) >= 11 is 0. The third-order valence-electron chi connectivity index (χ3n) is 7.35.